The number of rotatable bonds is 7. The van der Waals surface area contributed by atoms with Gasteiger partial charge in [-0.1, -0.05) is 140 Å². The third-order valence-electron chi connectivity index (χ3n) is 11.0. The average molecular weight is 734 g/mol. The van der Waals surface area contributed by atoms with Crippen molar-refractivity contribution in [3.63, 3.8) is 0 Å². The van der Waals surface area contributed by atoms with Crippen molar-refractivity contribution in [3.05, 3.63) is 211 Å². The maximum Gasteiger partial charge on any atom is 0.227 e. The van der Waals surface area contributed by atoms with E-state index in [0.717, 1.165) is 77.6 Å². The van der Waals surface area contributed by atoms with Gasteiger partial charge in [0.15, 0.2) is 5.58 Å². The lowest BCUT2D eigenvalue weighted by atomic mass is 9.98. The molecular weight excluding hydrogens is 699 g/mol. The van der Waals surface area contributed by atoms with E-state index in [4.69, 9.17) is 20.1 Å². The van der Waals surface area contributed by atoms with Crippen molar-refractivity contribution in [2.24, 2.45) is 10.7 Å². The monoisotopic (exact) mass is 733 g/mol. The molecule has 11 aromatic rings. The highest BCUT2D eigenvalue weighted by Gasteiger charge is 2.24. The summed E-state index contributed by atoms with van der Waals surface area (Å²) in [4.78, 5) is 10.4. The summed E-state index contributed by atoms with van der Waals surface area (Å²) in [6.45, 7) is 0. The molecule has 8 aromatic carbocycles. The van der Waals surface area contributed by atoms with Crippen LogP contribution in [0, 0.1) is 0 Å². The van der Waals surface area contributed by atoms with E-state index >= 15 is 0 Å². The van der Waals surface area contributed by atoms with Crippen LogP contribution in [0.25, 0.3) is 77.5 Å². The van der Waals surface area contributed by atoms with E-state index in [-0.39, 0.29) is 6.04 Å². The number of nitrogens with two attached hydrogens (primary N) is 1. The van der Waals surface area contributed by atoms with E-state index in [2.05, 4.69) is 130 Å². The highest BCUT2D eigenvalue weighted by Crippen LogP contribution is 2.43. The normalized spacial score (nSPS) is 12.7. The SMILES string of the molecule is NC(=NC(c1ccccc1)c1cccc(-n2c3ccc4oc(-c5ccccc5)nc4c3c3cccc(-n4c5ccccc5c5ccccc54)c32)c1)c1ccccc1. The van der Waals surface area contributed by atoms with Crippen LogP contribution in [0.15, 0.2) is 204 Å². The number of benzene rings is 8. The van der Waals surface area contributed by atoms with Gasteiger partial charge in [-0.25, -0.2) is 4.98 Å². The molecule has 0 fully saturated rings. The molecule has 0 aliphatic heterocycles. The Kier molecular flexibility index (Phi) is 7.60. The van der Waals surface area contributed by atoms with Crippen LogP contribution in [0.4, 0.5) is 0 Å². The number of para-hydroxylation sites is 3. The lowest BCUT2D eigenvalue weighted by Crippen LogP contribution is -2.15. The van der Waals surface area contributed by atoms with Crippen LogP contribution >= 0.6 is 0 Å². The number of hydrogen-bond donors (Lipinski definition) is 1. The number of aromatic nitrogens is 3. The fourth-order valence-electron chi connectivity index (χ4n) is 8.49. The fourth-order valence-corrected chi connectivity index (χ4v) is 8.49. The largest absolute Gasteiger partial charge is 0.436 e. The van der Waals surface area contributed by atoms with Gasteiger partial charge in [0.05, 0.1) is 27.8 Å². The summed E-state index contributed by atoms with van der Waals surface area (Å²) in [5, 5.41) is 4.54. The van der Waals surface area contributed by atoms with Gasteiger partial charge in [-0.2, -0.15) is 0 Å². The zero-order chi connectivity index (χ0) is 37.9. The highest BCUT2D eigenvalue weighted by atomic mass is 16.3. The Morgan fingerprint density at radius 1 is 0.544 bits per heavy atom. The average Bonchev–Trinajstić information content (AvgIpc) is 3.97. The summed E-state index contributed by atoms with van der Waals surface area (Å²) in [5.41, 5.74) is 18.7. The number of amidine groups is 1. The number of oxazole rings is 1. The molecule has 0 bridgehead atoms. The molecule has 6 heteroatoms. The Morgan fingerprint density at radius 3 is 1.89 bits per heavy atom. The van der Waals surface area contributed by atoms with Gasteiger partial charge in [-0.15, -0.1) is 0 Å². The van der Waals surface area contributed by atoms with Gasteiger partial charge in [0, 0.05) is 38.4 Å². The molecule has 0 amide bonds. The summed E-state index contributed by atoms with van der Waals surface area (Å²) >= 11 is 0. The fraction of sp³-hybridized carbons (Fsp3) is 0.0196. The summed E-state index contributed by atoms with van der Waals surface area (Å²) in [6, 6.07) is 66.9. The van der Waals surface area contributed by atoms with Gasteiger partial charge in [0.1, 0.15) is 17.4 Å². The molecule has 0 aliphatic rings. The predicted octanol–water partition coefficient (Wildman–Crippen LogP) is 12.2. The van der Waals surface area contributed by atoms with Crippen LogP contribution in [0.1, 0.15) is 22.7 Å². The van der Waals surface area contributed by atoms with Gasteiger partial charge < -0.3 is 19.3 Å². The second-order valence-electron chi connectivity index (χ2n) is 14.4. The first-order valence-electron chi connectivity index (χ1n) is 19.2. The lowest BCUT2D eigenvalue weighted by molar-refractivity contribution is 0.620. The molecule has 3 heterocycles. The van der Waals surface area contributed by atoms with Crippen LogP contribution in [0.3, 0.4) is 0 Å². The molecule has 3 aromatic heterocycles. The molecule has 0 spiro atoms. The second-order valence-corrected chi connectivity index (χ2v) is 14.4. The molecule has 0 radical (unpaired) electrons. The number of hydrogen-bond acceptors (Lipinski definition) is 3. The minimum absolute atomic E-state index is 0.341. The predicted molar refractivity (Wildman–Crippen MR) is 234 cm³/mol. The van der Waals surface area contributed by atoms with Crippen molar-refractivity contribution in [3.8, 4) is 22.8 Å². The number of fused-ring (bicyclic) bond motifs is 8. The van der Waals surface area contributed by atoms with E-state index in [1.807, 2.05) is 72.8 Å². The molecule has 11 rings (SSSR count). The van der Waals surface area contributed by atoms with Crippen LogP contribution in [0.5, 0.6) is 0 Å². The van der Waals surface area contributed by atoms with Crippen LogP contribution < -0.4 is 5.73 Å². The highest BCUT2D eigenvalue weighted by molar-refractivity contribution is 6.22. The molecule has 1 unspecified atom stereocenters. The topological polar surface area (TPSA) is 74.3 Å². The Bertz CT molecular complexity index is 3250. The van der Waals surface area contributed by atoms with Gasteiger partial charge in [0.2, 0.25) is 5.89 Å². The standard InChI is InChI=1S/C51H35N5O/c52-50(34-18-6-2-7-19-34)53-47(33-16-4-1-5-17-33)36-22-14-23-37(32-36)55-43-30-31-45-48(54-51(57-45)35-20-8-3-9-21-35)46(43)40-26-15-29-44(49(40)55)56-41-27-12-10-24-38(41)39-25-11-13-28-42(39)56/h1-32,47H,(H2,52,53). The molecule has 57 heavy (non-hydrogen) atoms. The van der Waals surface area contributed by atoms with Gasteiger partial charge >= 0.3 is 0 Å². The minimum Gasteiger partial charge on any atom is -0.436 e. The third-order valence-corrected chi connectivity index (χ3v) is 11.0. The van der Waals surface area contributed by atoms with Crippen molar-refractivity contribution in [1.29, 1.82) is 0 Å². The van der Waals surface area contributed by atoms with E-state index in [0.29, 0.717) is 11.7 Å². The Hall–Kier alpha value is -7.70. The van der Waals surface area contributed by atoms with Crippen molar-refractivity contribution in [2.75, 3.05) is 0 Å². The zero-order valence-electron chi connectivity index (χ0n) is 30.8. The molecule has 0 aliphatic carbocycles. The summed E-state index contributed by atoms with van der Waals surface area (Å²) in [7, 11) is 0. The number of nitrogens with zero attached hydrogens (tertiary/aromatic N) is 4. The van der Waals surface area contributed by atoms with Crippen LogP contribution in [-0.2, 0) is 0 Å². The molecular formula is C51H35N5O. The van der Waals surface area contributed by atoms with E-state index < -0.39 is 0 Å². The first-order valence-corrected chi connectivity index (χ1v) is 19.2. The molecule has 0 saturated heterocycles. The summed E-state index contributed by atoms with van der Waals surface area (Å²) in [5.74, 6) is 1.09. The first-order chi connectivity index (χ1) is 28.2. The maximum absolute atomic E-state index is 6.74. The Labute approximate surface area is 328 Å². The van der Waals surface area contributed by atoms with Crippen molar-refractivity contribution < 1.29 is 4.42 Å². The van der Waals surface area contributed by atoms with Crippen molar-refractivity contribution >= 4 is 60.5 Å². The molecule has 0 saturated carbocycles. The first kappa shape index (κ1) is 32.7. The van der Waals surface area contributed by atoms with Crippen molar-refractivity contribution in [2.45, 2.75) is 6.04 Å². The van der Waals surface area contributed by atoms with E-state index in [1.165, 1.54) is 10.8 Å². The van der Waals surface area contributed by atoms with Gasteiger partial charge in [-0.05, 0) is 65.7 Å². The lowest BCUT2D eigenvalue weighted by Gasteiger charge is -2.18. The molecule has 6 nitrogen and oxygen atoms in total. The summed E-state index contributed by atoms with van der Waals surface area (Å²) in [6.07, 6.45) is 0. The Morgan fingerprint density at radius 2 is 1.16 bits per heavy atom. The Balaban J connectivity index is 1.22. The minimum atomic E-state index is -0.341. The third kappa shape index (κ3) is 5.34. The molecule has 2 N–H and O–H groups in total. The van der Waals surface area contributed by atoms with E-state index in [9.17, 15) is 0 Å². The molecule has 270 valence electrons. The number of aliphatic imine (C=N–C) groups is 1. The second kappa shape index (κ2) is 13.3. The van der Waals surface area contributed by atoms with Crippen LogP contribution in [0.2, 0.25) is 0 Å². The molecule has 1 atom stereocenters. The zero-order valence-corrected chi connectivity index (χ0v) is 30.8. The van der Waals surface area contributed by atoms with Crippen LogP contribution in [-0.4, -0.2) is 20.0 Å². The van der Waals surface area contributed by atoms with Gasteiger partial charge in [-0.3, -0.25) is 4.99 Å². The quantitative estimate of drug-likeness (QED) is 0.131. The van der Waals surface area contributed by atoms with E-state index in [1.54, 1.807) is 0 Å². The van der Waals surface area contributed by atoms with Gasteiger partial charge in [0.25, 0.3) is 0 Å². The van der Waals surface area contributed by atoms with Crippen molar-refractivity contribution in [1.82, 2.24) is 14.1 Å². The smallest absolute Gasteiger partial charge is 0.227 e. The summed E-state index contributed by atoms with van der Waals surface area (Å²) < 4.78 is 11.3. The maximum atomic E-state index is 6.74.